The van der Waals surface area contributed by atoms with E-state index in [4.69, 9.17) is 4.74 Å². The van der Waals surface area contributed by atoms with Crippen molar-refractivity contribution in [2.45, 2.75) is 38.8 Å². The lowest BCUT2D eigenvalue weighted by Gasteiger charge is -2.39. The van der Waals surface area contributed by atoms with Crippen LogP contribution in [0.2, 0.25) is 0 Å². The van der Waals surface area contributed by atoms with Gasteiger partial charge in [0.15, 0.2) is 0 Å². The molecule has 17 heavy (non-hydrogen) atoms. The third-order valence-electron chi connectivity index (χ3n) is 3.54. The maximum Gasteiger partial charge on any atom is 0.246 e. The summed E-state index contributed by atoms with van der Waals surface area (Å²) >= 11 is 0. The summed E-state index contributed by atoms with van der Waals surface area (Å²) in [6.45, 7) is 5.95. The molecular weight excluding hydrogens is 220 g/mol. The monoisotopic (exact) mass is 240 g/mol. The minimum Gasteiger partial charge on any atom is -0.380 e. The summed E-state index contributed by atoms with van der Waals surface area (Å²) in [7, 11) is 0. The van der Waals surface area contributed by atoms with E-state index in [-0.39, 0.29) is 30.4 Å². The van der Waals surface area contributed by atoms with Gasteiger partial charge in [-0.05, 0) is 26.7 Å². The van der Waals surface area contributed by atoms with Gasteiger partial charge in [0.1, 0.15) is 12.6 Å². The number of nitrogens with zero attached hydrogens (tertiary/aromatic N) is 2. The van der Waals surface area contributed by atoms with E-state index in [0.29, 0.717) is 13.2 Å². The Bertz CT molecular complexity index is 319. The van der Waals surface area contributed by atoms with Crippen molar-refractivity contribution >= 4 is 11.8 Å². The second-order valence-electron chi connectivity index (χ2n) is 4.72. The lowest BCUT2D eigenvalue weighted by molar-refractivity contribution is -0.156. The molecule has 96 valence electrons. The number of carbonyl (C=O) groups is 2. The smallest absolute Gasteiger partial charge is 0.246 e. The van der Waals surface area contributed by atoms with Crippen molar-refractivity contribution in [3.05, 3.63) is 0 Å². The van der Waals surface area contributed by atoms with Crippen LogP contribution >= 0.6 is 0 Å². The summed E-state index contributed by atoms with van der Waals surface area (Å²) in [5.74, 6) is 0.171. The van der Waals surface area contributed by atoms with Crippen LogP contribution in [0.5, 0.6) is 0 Å². The molecule has 0 bridgehead atoms. The van der Waals surface area contributed by atoms with Crippen LogP contribution < -0.4 is 0 Å². The Morgan fingerprint density at radius 1 is 1.47 bits per heavy atom. The zero-order valence-corrected chi connectivity index (χ0v) is 10.5. The number of amides is 2. The van der Waals surface area contributed by atoms with Gasteiger partial charge in [0.25, 0.3) is 0 Å². The zero-order chi connectivity index (χ0) is 12.4. The second-order valence-corrected chi connectivity index (χ2v) is 4.72. The summed E-state index contributed by atoms with van der Waals surface area (Å²) in [5.41, 5.74) is 0. The van der Waals surface area contributed by atoms with Crippen molar-refractivity contribution in [2.24, 2.45) is 0 Å². The molecule has 2 heterocycles. The average Bonchev–Trinajstić information content (AvgIpc) is 2.80. The SMILES string of the molecule is CCOCC(C)N1CC(=O)N2CCCC2C1=O. The number of piperazine rings is 1. The molecular formula is C12H20N2O3. The molecule has 0 aliphatic carbocycles. The van der Waals surface area contributed by atoms with Crippen molar-refractivity contribution < 1.29 is 14.3 Å². The number of hydrogen-bond donors (Lipinski definition) is 0. The molecule has 0 aromatic carbocycles. The van der Waals surface area contributed by atoms with Gasteiger partial charge in [0.05, 0.1) is 12.6 Å². The van der Waals surface area contributed by atoms with Crippen LogP contribution in [0.1, 0.15) is 26.7 Å². The van der Waals surface area contributed by atoms with Gasteiger partial charge in [-0.3, -0.25) is 9.59 Å². The highest BCUT2D eigenvalue weighted by Crippen LogP contribution is 2.24. The molecule has 0 radical (unpaired) electrons. The topological polar surface area (TPSA) is 49.9 Å². The lowest BCUT2D eigenvalue weighted by atomic mass is 10.1. The van der Waals surface area contributed by atoms with E-state index < -0.39 is 0 Å². The molecule has 2 amide bonds. The Morgan fingerprint density at radius 2 is 2.24 bits per heavy atom. The number of carbonyl (C=O) groups excluding carboxylic acids is 2. The third-order valence-corrected chi connectivity index (χ3v) is 3.54. The Kier molecular flexibility index (Phi) is 3.66. The first-order valence-corrected chi connectivity index (χ1v) is 6.32. The summed E-state index contributed by atoms with van der Waals surface area (Å²) < 4.78 is 5.32. The fourth-order valence-electron chi connectivity index (χ4n) is 2.58. The molecule has 0 N–H and O–H groups in total. The first-order chi connectivity index (χ1) is 8.15. The molecule has 2 atom stereocenters. The highest BCUT2D eigenvalue weighted by Gasteiger charge is 2.43. The largest absolute Gasteiger partial charge is 0.380 e. The Labute approximate surface area is 102 Å². The molecule has 2 saturated heterocycles. The molecule has 5 nitrogen and oxygen atoms in total. The molecule has 0 aromatic heterocycles. The van der Waals surface area contributed by atoms with Gasteiger partial charge >= 0.3 is 0 Å². The zero-order valence-electron chi connectivity index (χ0n) is 10.5. The van der Waals surface area contributed by atoms with E-state index in [2.05, 4.69) is 0 Å². The second kappa shape index (κ2) is 5.04. The first-order valence-electron chi connectivity index (χ1n) is 6.32. The standard InChI is InChI=1S/C12H20N2O3/c1-3-17-8-9(2)14-7-11(15)13-6-4-5-10(13)12(14)16/h9-10H,3-8H2,1-2H3. The quantitative estimate of drug-likeness (QED) is 0.707. The van der Waals surface area contributed by atoms with E-state index in [9.17, 15) is 9.59 Å². The fraction of sp³-hybridized carbons (Fsp3) is 0.833. The van der Waals surface area contributed by atoms with E-state index in [1.807, 2.05) is 13.8 Å². The molecule has 2 aliphatic rings. The van der Waals surface area contributed by atoms with Gasteiger partial charge in [-0.1, -0.05) is 0 Å². The van der Waals surface area contributed by atoms with Gasteiger partial charge in [0.2, 0.25) is 11.8 Å². The fourth-order valence-corrected chi connectivity index (χ4v) is 2.58. The minimum atomic E-state index is -0.208. The molecule has 2 aliphatic heterocycles. The Hall–Kier alpha value is -1.10. The number of ether oxygens (including phenoxy) is 1. The third kappa shape index (κ3) is 2.29. The lowest BCUT2D eigenvalue weighted by Crippen LogP contribution is -2.60. The summed E-state index contributed by atoms with van der Waals surface area (Å²) in [6.07, 6.45) is 1.75. The van der Waals surface area contributed by atoms with E-state index in [1.54, 1.807) is 9.80 Å². The van der Waals surface area contributed by atoms with Crippen LogP contribution in [0.25, 0.3) is 0 Å². The van der Waals surface area contributed by atoms with Crippen molar-refractivity contribution in [2.75, 3.05) is 26.3 Å². The van der Waals surface area contributed by atoms with E-state index in [1.165, 1.54) is 0 Å². The molecule has 2 unspecified atom stereocenters. The number of hydrogen-bond acceptors (Lipinski definition) is 3. The van der Waals surface area contributed by atoms with Gasteiger partial charge in [0, 0.05) is 13.2 Å². The molecule has 0 saturated carbocycles. The van der Waals surface area contributed by atoms with Crippen LogP contribution in [0.15, 0.2) is 0 Å². The van der Waals surface area contributed by atoms with Crippen LogP contribution in [-0.4, -0.2) is 60.0 Å². The van der Waals surface area contributed by atoms with Crippen LogP contribution in [-0.2, 0) is 14.3 Å². The van der Waals surface area contributed by atoms with Crippen molar-refractivity contribution in [3.63, 3.8) is 0 Å². The van der Waals surface area contributed by atoms with Crippen molar-refractivity contribution in [1.82, 2.24) is 9.80 Å². The highest BCUT2D eigenvalue weighted by atomic mass is 16.5. The van der Waals surface area contributed by atoms with Gasteiger partial charge in [-0.25, -0.2) is 0 Å². The first kappa shape index (κ1) is 12.4. The van der Waals surface area contributed by atoms with Gasteiger partial charge in [-0.15, -0.1) is 0 Å². The summed E-state index contributed by atoms with van der Waals surface area (Å²) in [6, 6.07) is -0.227. The predicted molar refractivity (Wildman–Crippen MR) is 62.4 cm³/mol. The normalized spacial score (nSPS) is 26.4. The van der Waals surface area contributed by atoms with Crippen molar-refractivity contribution in [1.29, 1.82) is 0 Å². The molecule has 2 rings (SSSR count). The van der Waals surface area contributed by atoms with Gasteiger partial charge in [-0.2, -0.15) is 0 Å². The Morgan fingerprint density at radius 3 is 2.94 bits per heavy atom. The van der Waals surface area contributed by atoms with Crippen LogP contribution in [0.4, 0.5) is 0 Å². The molecule has 0 spiro atoms. The number of fused-ring (bicyclic) bond motifs is 1. The predicted octanol–water partition coefficient (Wildman–Crippen LogP) is 0.245. The highest BCUT2D eigenvalue weighted by molar-refractivity contribution is 5.95. The molecule has 2 fully saturated rings. The van der Waals surface area contributed by atoms with Crippen molar-refractivity contribution in [3.8, 4) is 0 Å². The maximum absolute atomic E-state index is 12.2. The molecule has 0 aromatic rings. The number of rotatable bonds is 4. The molecule has 5 heteroatoms. The van der Waals surface area contributed by atoms with E-state index in [0.717, 1.165) is 19.4 Å². The average molecular weight is 240 g/mol. The van der Waals surface area contributed by atoms with Crippen LogP contribution in [0, 0.1) is 0 Å². The minimum absolute atomic E-state index is 0.0193. The summed E-state index contributed by atoms with van der Waals surface area (Å²) in [4.78, 5) is 27.5. The Balaban J connectivity index is 2.03. The van der Waals surface area contributed by atoms with Gasteiger partial charge < -0.3 is 14.5 Å². The van der Waals surface area contributed by atoms with E-state index >= 15 is 0 Å². The van der Waals surface area contributed by atoms with Crippen LogP contribution in [0.3, 0.4) is 0 Å². The summed E-state index contributed by atoms with van der Waals surface area (Å²) in [5, 5.41) is 0. The maximum atomic E-state index is 12.2.